The summed E-state index contributed by atoms with van der Waals surface area (Å²) in [7, 11) is 0. The van der Waals surface area contributed by atoms with Crippen molar-refractivity contribution in [2.24, 2.45) is 0 Å². The number of carbonyl (C=O) groups excluding carboxylic acids is 1. The SMILES string of the molecule is CCCCCCCCCCCCCCCCCCCCCC[C@@H](O)C(=O)N[C@@H](COC1OC(CO)C(O)C(OC2OC([C@H](O)CO)C(O)C2O)C1O)[C@H](O)[C@H](O)CCCCCCCCCCCCCC. The van der Waals surface area contributed by atoms with Gasteiger partial charge in [-0.05, 0) is 12.8 Å². The summed E-state index contributed by atoms with van der Waals surface area (Å²) in [6.07, 6.45) is 18.4. The highest BCUT2D eigenvalue weighted by Crippen LogP contribution is 2.31. The van der Waals surface area contributed by atoms with Crippen LogP contribution >= 0.6 is 0 Å². The molecule has 1 amide bonds. The molecule has 0 aromatic carbocycles. The largest absolute Gasteiger partial charge is 0.394 e. The van der Waals surface area contributed by atoms with E-state index in [1.54, 1.807) is 0 Å². The lowest BCUT2D eigenvalue weighted by molar-refractivity contribution is -0.332. The highest BCUT2D eigenvalue weighted by atomic mass is 16.7. The number of hydrogen-bond donors (Lipinski definition) is 11. The third kappa shape index (κ3) is 26.9. The fourth-order valence-electron chi connectivity index (χ4n) is 9.77. The van der Waals surface area contributed by atoms with E-state index in [0.29, 0.717) is 12.8 Å². The number of hydrogen-bond acceptors (Lipinski definition) is 15. The van der Waals surface area contributed by atoms with E-state index in [9.17, 15) is 55.9 Å². The van der Waals surface area contributed by atoms with Crippen molar-refractivity contribution in [1.29, 1.82) is 0 Å². The highest BCUT2D eigenvalue weighted by Gasteiger charge is 2.52. The minimum Gasteiger partial charge on any atom is -0.394 e. The van der Waals surface area contributed by atoms with E-state index >= 15 is 0 Å². The molecule has 2 aliphatic heterocycles. The number of ether oxygens (including phenoxy) is 4. The maximum atomic E-state index is 13.4. The first-order valence-electron chi connectivity index (χ1n) is 28.5. The van der Waals surface area contributed by atoms with Gasteiger partial charge in [0.2, 0.25) is 5.91 Å². The van der Waals surface area contributed by atoms with Crippen molar-refractivity contribution in [3.05, 3.63) is 0 Å². The summed E-state index contributed by atoms with van der Waals surface area (Å²) in [5, 5.41) is 109. The van der Waals surface area contributed by atoms with Crippen molar-refractivity contribution in [2.75, 3.05) is 19.8 Å². The van der Waals surface area contributed by atoms with Crippen LogP contribution in [-0.2, 0) is 23.7 Å². The van der Waals surface area contributed by atoms with Crippen LogP contribution in [0.5, 0.6) is 0 Å². The van der Waals surface area contributed by atoms with E-state index in [2.05, 4.69) is 19.2 Å². The lowest BCUT2D eigenvalue weighted by atomic mass is 9.98. The van der Waals surface area contributed by atoms with E-state index < -0.39 is 111 Å². The lowest BCUT2D eigenvalue weighted by Gasteiger charge is -2.43. The van der Waals surface area contributed by atoms with Crippen LogP contribution in [0.2, 0.25) is 0 Å². The van der Waals surface area contributed by atoms with Gasteiger partial charge >= 0.3 is 0 Å². The van der Waals surface area contributed by atoms with Gasteiger partial charge in [0, 0.05) is 0 Å². The van der Waals surface area contributed by atoms with E-state index in [-0.39, 0.29) is 12.8 Å². The second-order valence-electron chi connectivity index (χ2n) is 20.7. The van der Waals surface area contributed by atoms with Crippen LogP contribution in [0.3, 0.4) is 0 Å². The summed E-state index contributed by atoms with van der Waals surface area (Å²) >= 11 is 0. The zero-order chi connectivity index (χ0) is 51.4. The second-order valence-corrected chi connectivity index (χ2v) is 20.7. The van der Waals surface area contributed by atoms with Crippen molar-refractivity contribution >= 4 is 5.91 Å². The van der Waals surface area contributed by atoms with Crippen LogP contribution in [-0.4, -0.2) is 163 Å². The van der Waals surface area contributed by atoms with Crippen LogP contribution < -0.4 is 5.32 Å². The van der Waals surface area contributed by atoms with Gasteiger partial charge in [0.1, 0.15) is 61.0 Å². The molecule has 14 atom stereocenters. The Morgan fingerprint density at radius 1 is 0.514 bits per heavy atom. The Morgan fingerprint density at radius 3 is 1.34 bits per heavy atom. The quantitative estimate of drug-likeness (QED) is 0.0291. The number of aliphatic hydroxyl groups is 10. The maximum Gasteiger partial charge on any atom is 0.249 e. The molecular formula is C54H105NO15. The second kappa shape index (κ2) is 41.2. The average molecular weight is 1010 g/mol. The molecule has 16 heteroatoms. The fraction of sp³-hybridized carbons (Fsp3) is 0.981. The van der Waals surface area contributed by atoms with Gasteiger partial charge in [0.05, 0.1) is 32.0 Å². The van der Waals surface area contributed by atoms with Gasteiger partial charge in [-0.25, -0.2) is 0 Å². The number of nitrogens with one attached hydrogen (secondary N) is 1. The number of aliphatic hydroxyl groups excluding tert-OH is 10. The number of amides is 1. The molecule has 2 heterocycles. The Labute approximate surface area is 422 Å². The summed E-state index contributed by atoms with van der Waals surface area (Å²) in [5.74, 6) is -0.761. The number of rotatable bonds is 46. The molecule has 0 aromatic heterocycles. The predicted octanol–water partition coefficient (Wildman–Crippen LogP) is 6.50. The number of carbonyl (C=O) groups is 1. The molecule has 2 aliphatic rings. The predicted molar refractivity (Wildman–Crippen MR) is 271 cm³/mol. The van der Waals surface area contributed by atoms with E-state index in [4.69, 9.17) is 18.9 Å². The third-order valence-corrected chi connectivity index (χ3v) is 14.5. The molecule has 0 radical (unpaired) electrons. The summed E-state index contributed by atoms with van der Waals surface area (Å²) in [6, 6.07) is -1.28. The van der Waals surface area contributed by atoms with Crippen LogP contribution in [0, 0.1) is 0 Å². The van der Waals surface area contributed by atoms with Gasteiger partial charge in [-0.3, -0.25) is 4.79 Å². The Bertz CT molecular complexity index is 1220. The third-order valence-electron chi connectivity index (χ3n) is 14.5. The molecule has 0 aromatic rings. The van der Waals surface area contributed by atoms with Gasteiger partial charge in [-0.15, -0.1) is 0 Å². The van der Waals surface area contributed by atoms with Crippen molar-refractivity contribution in [3.63, 3.8) is 0 Å². The highest BCUT2D eigenvalue weighted by molar-refractivity contribution is 5.80. The first-order chi connectivity index (χ1) is 33.9. The van der Waals surface area contributed by atoms with Crippen molar-refractivity contribution in [1.82, 2.24) is 5.32 Å². The summed E-state index contributed by atoms with van der Waals surface area (Å²) in [6.45, 7) is 2.39. The van der Waals surface area contributed by atoms with Gasteiger partial charge in [-0.1, -0.05) is 219 Å². The van der Waals surface area contributed by atoms with Gasteiger partial charge in [-0.2, -0.15) is 0 Å². The fourth-order valence-corrected chi connectivity index (χ4v) is 9.77. The molecular weight excluding hydrogens is 903 g/mol. The molecule has 2 saturated heterocycles. The average Bonchev–Trinajstić information content (AvgIpc) is 3.64. The van der Waals surface area contributed by atoms with Crippen LogP contribution in [0.25, 0.3) is 0 Å². The molecule has 0 saturated carbocycles. The first-order valence-corrected chi connectivity index (χ1v) is 28.5. The summed E-state index contributed by atoms with van der Waals surface area (Å²) in [4.78, 5) is 13.4. The monoisotopic (exact) mass is 1010 g/mol. The van der Waals surface area contributed by atoms with Crippen molar-refractivity contribution in [3.8, 4) is 0 Å². The zero-order valence-corrected chi connectivity index (χ0v) is 43.8. The Kier molecular flexibility index (Phi) is 38.3. The molecule has 416 valence electrons. The van der Waals surface area contributed by atoms with E-state index in [0.717, 1.165) is 44.9 Å². The van der Waals surface area contributed by atoms with Gasteiger partial charge in [0.15, 0.2) is 12.6 Å². The molecule has 0 aliphatic carbocycles. The van der Waals surface area contributed by atoms with E-state index in [1.165, 1.54) is 148 Å². The molecule has 2 fully saturated rings. The summed E-state index contributed by atoms with van der Waals surface area (Å²) < 4.78 is 22.6. The first kappa shape index (κ1) is 65.0. The Hall–Kier alpha value is -1.09. The summed E-state index contributed by atoms with van der Waals surface area (Å²) in [5.41, 5.74) is 0. The maximum absolute atomic E-state index is 13.4. The van der Waals surface area contributed by atoms with Crippen molar-refractivity contribution in [2.45, 2.75) is 318 Å². The topological polar surface area (TPSA) is 268 Å². The Balaban J connectivity index is 1.85. The lowest BCUT2D eigenvalue weighted by Crippen LogP contribution is -2.62. The normalized spacial score (nSPS) is 26.0. The van der Waals surface area contributed by atoms with Gasteiger partial charge in [0.25, 0.3) is 0 Å². The standard InChI is InChI=1S/C54H105NO15/c1-3-5-7-9-11-13-15-17-18-19-20-21-22-23-24-26-28-30-32-34-36-42(59)52(66)55-40(45(61)41(58)35-33-31-29-27-25-16-14-12-10-8-6-4-2)39-67-53-49(65)51(46(62)44(38-57)68-53)70-54-48(64)47(63)50(69-54)43(60)37-56/h40-51,53-54,56-65H,3-39H2,1-2H3,(H,55,66)/t40-,41+,42+,43+,44?,45-,46?,47?,48?,49?,50?,51?,53?,54?/m0/s1. The molecule has 16 nitrogen and oxygen atoms in total. The van der Waals surface area contributed by atoms with Crippen LogP contribution in [0.1, 0.15) is 232 Å². The van der Waals surface area contributed by atoms with Gasteiger partial charge < -0.3 is 75.3 Å². The van der Waals surface area contributed by atoms with Crippen LogP contribution in [0.4, 0.5) is 0 Å². The minimum absolute atomic E-state index is 0.204. The number of unbranched alkanes of at least 4 members (excludes halogenated alkanes) is 30. The molecule has 2 rings (SSSR count). The van der Waals surface area contributed by atoms with E-state index in [1.807, 2.05) is 0 Å². The van der Waals surface area contributed by atoms with Crippen molar-refractivity contribution < 1.29 is 74.8 Å². The molecule has 11 N–H and O–H groups in total. The van der Waals surface area contributed by atoms with Crippen LogP contribution in [0.15, 0.2) is 0 Å². The molecule has 70 heavy (non-hydrogen) atoms. The Morgan fingerprint density at radius 2 is 0.929 bits per heavy atom. The molecule has 9 unspecified atom stereocenters. The zero-order valence-electron chi connectivity index (χ0n) is 43.8. The molecule has 0 bridgehead atoms. The molecule has 0 spiro atoms. The minimum atomic E-state index is -1.82. The smallest absolute Gasteiger partial charge is 0.249 e.